The summed E-state index contributed by atoms with van der Waals surface area (Å²) >= 11 is 0. The molecule has 1 N–H and O–H groups in total. The number of rotatable bonds is 0. The summed E-state index contributed by atoms with van der Waals surface area (Å²) in [4.78, 5) is 16.4. The van der Waals surface area contributed by atoms with Crippen molar-refractivity contribution in [2.24, 2.45) is 0 Å². The average molecular weight is 160 g/mol. The maximum absolute atomic E-state index is 10.7. The molecule has 0 saturated heterocycles. The van der Waals surface area contributed by atoms with E-state index in [2.05, 4.69) is 9.83 Å². The van der Waals surface area contributed by atoms with Gasteiger partial charge in [-0.15, -0.1) is 0 Å². The van der Waals surface area contributed by atoms with E-state index in [-0.39, 0.29) is 0 Å². The summed E-state index contributed by atoms with van der Waals surface area (Å²) in [6.07, 6.45) is 0. The molecule has 2 rings (SSSR count). The van der Waals surface area contributed by atoms with Gasteiger partial charge in [0.05, 0.1) is 12.1 Å². The van der Waals surface area contributed by atoms with E-state index in [0.717, 1.165) is 0 Å². The maximum Gasteiger partial charge on any atom is 0.417 e. The van der Waals surface area contributed by atoms with Gasteiger partial charge in [0.15, 0.2) is 5.69 Å². The molecule has 0 saturated carbocycles. The van der Waals surface area contributed by atoms with Crippen molar-refractivity contribution in [3.63, 3.8) is 0 Å². The van der Waals surface area contributed by atoms with E-state index >= 15 is 0 Å². The number of aromatic nitrogens is 1. The number of hydrogen-bond acceptors (Lipinski definition) is 2. The lowest BCUT2D eigenvalue weighted by Gasteiger charge is -1.86. The Hall–Kier alpha value is -2.02. The van der Waals surface area contributed by atoms with Crippen molar-refractivity contribution in [1.29, 1.82) is 0 Å². The molecule has 4 heteroatoms. The molecule has 12 heavy (non-hydrogen) atoms. The Morgan fingerprint density at radius 2 is 2.33 bits per heavy atom. The molecule has 0 radical (unpaired) electrons. The van der Waals surface area contributed by atoms with Gasteiger partial charge in [0.2, 0.25) is 0 Å². The molecule has 4 nitrogen and oxygen atoms in total. The second-order valence-electron chi connectivity index (χ2n) is 2.31. The average Bonchev–Trinajstić information content (AvgIpc) is 2.43. The molecule has 0 amide bonds. The predicted molar refractivity (Wildman–Crippen MR) is 43.1 cm³/mol. The summed E-state index contributed by atoms with van der Waals surface area (Å²) in [5, 5.41) is 0. The zero-order chi connectivity index (χ0) is 8.55. The van der Waals surface area contributed by atoms with Crippen LogP contribution in [0.5, 0.6) is 0 Å². The van der Waals surface area contributed by atoms with Gasteiger partial charge in [0.25, 0.3) is 0 Å². The largest absolute Gasteiger partial charge is 0.417 e. The van der Waals surface area contributed by atoms with Crippen LogP contribution in [0.2, 0.25) is 0 Å². The number of aromatic amines is 1. The lowest BCUT2D eigenvalue weighted by Crippen LogP contribution is -1.92. The van der Waals surface area contributed by atoms with Crippen LogP contribution in [0.1, 0.15) is 0 Å². The van der Waals surface area contributed by atoms with E-state index in [0.29, 0.717) is 16.8 Å². The highest BCUT2D eigenvalue weighted by atomic mass is 16.4. The summed E-state index contributed by atoms with van der Waals surface area (Å²) in [5.74, 6) is -0.493. The molecule has 0 spiro atoms. The quantitative estimate of drug-likeness (QED) is 0.596. The standard InChI is InChI=1S/C8H4N2O2/c1-9-5-2-3-6-7(4-5)12-8(11)10-6/h2-4H,(H,10,11). The van der Waals surface area contributed by atoms with Gasteiger partial charge in [-0.2, -0.15) is 0 Å². The third-order valence-corrected chi connectivity index (χ3v) is 1.53. The Balaban J connectivity index is 2.85. The van der Waals surface area contributed by atoms with Crippen LogP contribution in [0.25, 0.3) is 15.9 Å². The predicted octanol–water partition coefficient (Wildman–Crippen LogP) is 1.67. The van der Waals surface area contributed by atoms with Crippen LogP contribution >= 0.6 is 0 Å². The van der Waals surface area contributed by atoms with Gasteiger partial charge in [-0.25, -0.2) is 9.64 Å². The lowest BCUT2D eigenvalue weighted by molar-refractivity contribution is 0.555. The van der Waals surface area contributed by atoms with Crippen molar-refractivity contribution in [1.82, 2.24) is 4.98 Å². The van der Waals surface area contributed by atoms with Crippen molar-refractivity contribution in [3.05, 3.63) is 40.2 Å². The molecular weight excluding hydrogens is 156 g/mol. The molecule has 58 valence electrons. The first-order valence-electron chi connectivity index (χ1n) is 3.30. The molecule has 0 atom stereocenters. The van der Waals surface area contributed by atoms with Crippen molar-refractivity contribution in [3.8, 4) is 0 Å². The molecule has 1 aromatic heterocycles. The Morgan fingerprint density at radius 1 is 1.50 bits per heavy atom. The van der Waals surface area contributed by atoms with Crippen LogP contribution < -0.4 is 5.76 Å². The second kappa shape index (κ2) is 2.24. The monoisotopic (exact) mass is 160 g/mol. The van der Waals surface area contributed by atoms with E-state index < -0.39 is 5.76 Å². The molecule has 2 aromatic rings. The van der Waals surface area contributed by atoms with Crippen molar-refractivity contribution in [2.45, 2.75) is 0 Å². The van der Waals surface area contributed by atoms with Crippen LogP contribution in [-0.2, 0) is 0 Å². The van der Waals surface area contributed by atoms with Crippen LogP contribution in [0.3, 0.4) is 0 Å². The Bertz CT molecular complexity index is 516. The molecule has 0 aliphatic heterocycles. The maximum atomic E-state index is 10.7. The highest BCUT2D eigenvalue weighted by Crippen LogP contribution is 2.18. The van der Waals surface area contributed by atoms with Crippen molar-refractivity contribution >= 4 is 16.8 Å². The molecular formula is C8H4N2O2. The van der Waals surface area contributed by atoms with Gasteiger partial charge >= 0.3 is 5.76 Å². The van der Waals surface area contributed by atoms with E-state index in [1.807, 2.05) is 0 Å². The van der Waals surface area contributed by atoms with Crippen LogP contribution in [0.15, 0.2) is 27.4 Å². The zero-order valence-electron chi connectivity index (χ0n) is 6.00. The van der Waals surface area contributed by atoms with Crippen LogP contribution in [0, 0.1) is 6.57 Å². The molecule has 0 unspecified atom stereocenters. The van der Waals surface area contributed by atoms with Gasteiger partial charge in [-0.05, 0) is 12.1 Å². The Kier molecular flexibility index (Phi) is 1.25. The Morgan fingerprint density at radius 3 is 3.08 bits per heavy atom. The number of oxazole rings is 1. The van der Waals surface area contributed by atoms with Gasteiger partial charge in [-0.1, -0.05) is 6.07 Å². The van der Waals surface area contributed by atoms with Crippen molar-refractivity contribution in [2.75, 3.05) is 0 Å². The van der Waals surface area contributed by atoms with Gasteiger partial charge in [0.1, 0.15) is 5.58 Å². The number of hydrogen-bond donors (Lipinski definition) is 1. The summed E-state index contributed by atoms with van der Waals surface area (Å²) in [6, 6.07) is 4.80. The van der Waals surface area contributed by atoms with Gasteiger partial charge in [-0.3, -0.25) is 4.98 Å². The summed E-state index contributed by atoms with van der Waals surface area (Å²) < 4.78 is 4.76. The lowest BCUT2D eigenvalue weighted by atomic mass is 10.3. The minimum atomic E-state index is -0.493. The topological polar surface area (TPSA) is 50.4 Å². The second-order valence-corrected chi connectivity index (χ2v) is 2.31. The Labute approximate surface area is 67.3 Å². The fourth-order valence-electron chi connectivity index (χ4n) is 1.00. The fraction of sp³-hybridized carbons (Fsp3) is 0. The zero-order valence-corrected chi connectivity index (χ0v) is 6.00. The number of nitrogens with one attached hydrogen (secondary N) is 1. The summed E-state index contributed by atoms with van der Waals surface area (Å²) in [6.45, 7) is 6.72. The normalized spacial score (nSPS) is 9.92. The number of H-pyrrole nitrogens is 1. The minimum Gasteiger partial charge on any atom is -0.409 e. The molecule has 0 aliphatic rings. The molecule has 1 aromatic carbocycles. The summed E-state index contributed by atoms with van der Waals surface area (Å²) in [5.41, 5.74) is 1.51. The smallest absolute Gasteiger partial charge is 0.409 e. The molecule has 0 aliphatic carbocycles. The molecule has 0 bridgehead atoms. The summed E-state index contributed by atoms with van der Waals surface area (Å²) in [7, 11) is 0. The first-order valence-corrected chi connectivity index (χ1v) is 3.30. The molecule has 0 fully saturated rings. The SMILES string of the molecule is [C-]#[N+]c1ccc2[nH]c(=O)oc2c1. The first kappa shape index (κ1) is 6.68. The van der Waals surface area contributed by atoms with Gasteiger partial charge in [0, 0.05) is 0 Å². The number of benzene rings is 1. The van der Waals surface area contributed by atoms with E-state index in [4.69, 9.17) is 11.0 Å². The van der Waals surface area contributed by atoms with E-state index in [1.54, 1.807) is 12.1 Å². The highest BCUT2D eigenvalue weighted by Gasteiger charge is 2.00. The van der Waals surface area contributed by atoms with E-state index in [1.165, 1.54) is 6.07 Å². The van der Waals surface area contributed by atoms with Gasteiger partial charge < -0.3 is 4.42 Å². The first-order chi connectivity index (χ1) is 5.79. The van der Waals surface area contributed by atoms with E-state index in [9.17, 15) is 4.79 Å². The van der Waals surface area contributed by atoms with Crippen LogP contribution in [0.4, 0.5) is 5.69 Å². The third-order valence-electron chi connectivity index (χ3n) is 1.53. The number of fused-ring (bicyclic) bond motifs is 1. The number of nitrogens with zero attached hydrogens (tertiary/aromatic N) is 1. The fourth-order valence-corrected chi connectivity index (χ4v) is 1.00. The molecule has 1 heterocycles. The van der Waals surface area contributed by atoms with Crippen molar-refractivity contribution < 1.29 is 4.42 Å². The third kappa shape index (κ3) is 0.883. The highest BCUT2D eigenvalue weighted by molar-refractivity contribution is 5.76. The minimum absolute atomic E-state index is 0.425. The van der Waals surface area contributed by atoms with Crippen LogP contribution in [-0.4, -0.2) is 4.98 Å².